The SMILES string of the molecule is CN1CCO[C@@H]2CN(Cc3ccc(F)cc3Cl)C[C@@H]21. The minimum absolute atomic E-state index is 0.285. The van der Waals surface area contributed by atoms with Crippen LogP contribution in [0.4, 0.5) is 4.39 Å². The molecule has 1 aromatic carbocycles. The molecule has 2 aliphatic rings. The van der Waals surface area contributed by atoms with Gasteiger partial charge < -0.3 is 4.74 Å². The van der Waals surface area contributed by atoms with Crippen LogP contribution in [0, 0.1) is 5.82 Å². The Balaban J connectivity index is 1.68. The maximum atomic E-state index is 13.0. The second-order valence-corrected chi connectivity index (χ2v) is 5.79. The molecule has 19 heavy (non-hydrogen) atoms. The Morgan fingerprint density at radius 2 is 2.26 bits per heavy atom. The van der Waals surface area contributed by atoms with Crippen molar-refractivity contribution in [1.29, 1.82) is 0 Å². The minimum atomic E-state index is -0.285. The first-order valence-corrected chi connectivity index (χ1v) is 6.99. The summed E-state index contributed by atoms with van der Waals surface area (Å²) in [5.74, 6) is -0.285. The molecule has 2 heterocycles. The number of morpholine rings is 1. The van der Waals surface area contributed by atoms with Gasteiger partial charge in [-0.1, -0.05) is 17.7 Å². The molecule has 0 saturated carbocycles. The van der Waals surface area contributed by atoms with Crippen LogP contribution in [0.15, 0.2) is 18.2 Å². The Morgan fingerprint density at radius 1 is 1.42 bits per heavy atom. The summed E-state index contributed by atoms with van der Waals surface area (Å²) in [6.45, 7) is 4.45. The van der Waals surface area contributed by atoms with E-state index in [1.807, 2.05) is 0 Å². The molecule has 0 radical (unpaired) electrons. The second-order valence-electron chi connectivity index (χ2n) is 5.39. The number of ether oxygens (including phenoxy) is 1. The molecule has 0 amide bonds. The summed E-state index contributed by atoms with van der Waals surface area (Å²) in [4.78, 5) is 4.69. The van der Waals surface area contributed by atoms with E-state index in [1.54, 1.807) is 6.07 Å². The summed E-state index contributed by atoms with van der Waals surface area (Å²) < 4.78 is 18.8. The van der Waals surface area contributed by atoms with Crippen molar-refractivity contribution in [3.8, 4) is 0 Å². The molecule has 0 N–H and O–H groups in total. The van der Waals surface area contributed by atoms with E-state index in [1.165, 1.54) is 12.1 Å². The number of hydrogen-bond acceptors (Lipinski definition) is 3. The third-order valence-electron chi connectivity index (χ3n) is 4.06. The Labute approximate surface area is 117 Å². The lowest BCUT2D eigenvalue weighted by Crippen LogP contribution is -2.48. The minimum Gasteiger partial charge on any atom is -0.374 e. The number of likely N-dealkylation sites (N-methyl/N-ethyl adjacent to an activating group) is 1. The van der Waals surface area contributed by atoms with Gasteiger partial charge in [0.2, 0.25) is 0 Å². The predicted octanol–water partition coefficient (Wildman–Crippen LogP) is 1.99. The first-order valence-electron chi connectivity index (χ1n) is 6.61. The zero-order valence-corrected chi connectivity index (χ0v) is 11.7. The monoisotopic (exact) mass is 284 g/mol. The average Bonchev–Trinajstić information content (AvgIpc) is 2.77. The molecule has 5 heteroatoms. The van der Waals surface area contributed by atoms with Crippen LogP contribution in [0.3, 0.4) is 0 Å². The van der Waals surface area contributed by atoms with Crippen LogP contribution in [-0.2, 0) is 11.3 Å². The van der Waals surface area contributed by atoms with Crippen LogP contribution in [0.5, 0.6) is 0 Å². The van der Waals surface area contributed by atoms with E-state index in [-0.39, 0.29) is 11.9 Å². The van der Waals surface area contributed by atoms with Gasteiger partial charge in [-0.15, -0.1) is 0 Å². The van der Waals surface area contributed by atoms with Gasteiger partial charge in [-0.05, 0) is 24.7 Å². The first kappa shape index (κ1) is 13.3. The molecular formula is C14H18ClFN2O. The molecule has 3 rings (SSSR count). The Morgan fingerprint density at radius 3 is 3.00 bits per heavy atom. The number of nitrogens with zero attached hydrogens (tertiary/aromatic N) is 2. The van der Waals surface area contributed by atoms with Crippen molar-refractivity contribution in [3.63, 3.8) is 0 Å². The fourth-order valence-corrected chi connectivity index (χ4v) is 3.18. The largest absolute Gasteiger partial charge is 0.374 e. The summed E-state index contributed by atoms with van der Waals surface area (Å²) in [6.07, 6.45) is 0.290. The van der Waals surface area contributed by atoms with E-state index in [4.69, 9.17) is 16.3 Å². The van der Waals surface area contributed by atoms with Crippen LogP contribution < -0.4 is 0 Å². The lowest BCUT2D eigenvalue weighted by molar-refractivity contribution is -0.0370. The van der Waals surface area contributed by atoms with Crippen LogP contribution in [0.2, 0.25) is 5.02 Å². The smallest absolute Gasteiger partial charge is 0.124 e. The summed E-state index contributed by atoms with van der Waals surface area (Å²) in [7, 11) is 2.15. The molecule has 104 valence electrons. The van der Waals surface area contributed by atoms with Crippen LogP contribution >= 0.6 is 11.6 Å². The summed E-state index contributed by atoms with van der Waals surface area (Å²) in [6, 6.07) is 5.08. The molecule has 2 aliphatic heterocycles. The molecule has 2 atom stereocenters. The third kappa shape index (κ3) is 2.77. The molecule has 0 bridgehead atoms. The fourth-order valence-electron chi connectivity index (χ4n) is 2.95. The van der Waals surface area contributed by atoms with E-state index in [0.29, 0.717) is 11.1 Å². The van der Waals surface area contributed by atoms with Crippen molar-refractivity contribution in [3.05, 3.63) is 34.6 Å². The van der Waals surface area contributed by atoms with Crippen molar-refractivity contribution in [2.75, 3.05) is 33.3 Å². The number of halogens is 2. The summed E-state index contributed by atoms with van der Waals surface area (Å²) >= 11 is 6.08. The van der Waals surface area contributed by atoms with E-state index in [0.717, 1.165) is 38.3 Å². The van der Waals surface area contributed by atoms with Crippen LogP contribution in [0.25, 0.3) is 0 Å². The molecule has 1 aromatic rings. The van der Waals surface area contributed by atoms with Crippen LogP contribution in [-0.4, -0.2) is 55.2 Å². The number of likely N-dealkylation sites (tertiary alicyclic amines) is 1. The predicted molar refractivity (Wildman–Crippen MR) is 72.8 cm³/mol. The zero-order chi connectivity index (χ0) is 13.4. The Bertz CT molecular complexity index is 471. The topological polar surface area (TPSA) is 15.7 Å². The van der Waals surface area contributed by atoms with E-state index in [9.17, 15) is 4.39 Å². The maximum Gasteiger partial charge on any atom is 0.124 e. The van der Waals surface area contributed by atoms with Gasteiger partial charge in [0, 0.05) is 37.2 Å². The van der Waals surface area contributed by atoms with Gasteiger partial charge >= 0.3 is 0 Å². The molecule has 2 saturated heterocycles. The van der Waals surface area contributed by atoms with Crippen molar-refractivity contribution in [1.82, 2.24) is 9.80 Å². The third-order valence-corrected chi connectivity index (χ3v) is 4.42. The van der Waals surface area contributed by atoms with Crippen molar-refractivity contribution < 1.29 is 9.13 Å². The Kier molecular flexibility index (Phi) is 3.76. The number of rotatable bonds is 2. The average molecular weight is 285 g/mol. The number of benzene rings is 1. The molecule has 0 unspecified atom stereocenters. The van der Waals surface area contributed by atoms with Gasteiger partial charge in [0.25, 0.3) is 0 Å². The van der Waals surface area contributed by atoms with E-state index in [2.05, 4.69) is 16.8 Å². The lowest BCUT2D eigenvalue weighted by atomic mass is 10.1. The summed E-state index contributed by atoms with van der Waals surface area (Å²) in [5.41, 5.74) is 0.976. The number of hydrogen-bond donors (Lipinski definition) is 0. The molecule has 0 aromatic heterocycles. The van der Waals surface area contributed by atoms with Crippen molar-refractivity contribution in [2.45, 2.75) is 18.7 Å². The standard InChI is InChI=1S/C14H18ClFN2O/c1-17-4-5-19-14-9-18(8-13(14)17)7-10-2-3-11(16)6-12(10)15/h2-3,6,13-14H,4-5,7-9H2,1H3/t13-,14+/m0/s1. The highest BCUT2D eigenvalue weighted by molar-refractivity contribution is 6.31. The van der Waals surface area contributed by atoms with Gasteiger partial charge in [0.05, 0.1) is 12.7 Å². The normalized spacial score (nSPS) is 28.6. The van der Waals surface area contributed by atoms with Gasteiger partial charge in [-0.3, -0.25) is 9.80 Å². The van der Waals surface area contributed by atoms with E-state index >= 15 is 0 Å². The van der Waals surface area contributed by atoms with Gasteiger partial charge in [0.15, 0.2) is 0 Å². The van der Waals surface area contributed by atoms with Gasteiger partial charge in [0.1, 0.15) is 5.82 Å². The second kappa shape index (κ2) is 5.37. The highest BCUT2D eigenvalue weighted by Gasteiger charge is 2.38. The van der Waals surface area contributed by atoms with Gasteiger partial charge in [-0.2, -0.15) is 0 Å². The maximum absolute atomic E-state index is 13.0. The lowest BCUT2D eigenvalue weighted by Gasteiger charge is -2.33. The van der Waals surface area contributed by atoms with E-state index < -0.39 is 0 Å². The van der Waals surface area contributed by atoms with Crippen molar-refractivity contribution in [2.24, 2.45) is 0 Å². The van der Waals surface area contributed by atoms with Gasteiger partial charge in [-0.25, -0.2) is 4.39 Å². The molecule has 0 spiro atoms. The Hall–Kier alpha value is -0.680. The molecule has 2 fully saturated rings. The molecule has 3 nitrogen and oxygen atoms in total. The quantitative estimate of drug-likeness (QED) is 0.826. The molecular weight excluding hydrogens is 267 g/mol. The molecule has 0 aliphatic carbocycles. The highest BCUT2D eigenvalue weighted by Crippen LogP contribution is 2.25. The van der Waals surface area contributed by atoms with Crippen molar-refractivity contribution >= 4 is 11.6 Å². The van der Waals surface area contributed by atoms with Crippen LogP contribution in [0.1, 0.15) is 5.56 Å². The number of fused-ring (bicyclic) bond motifs is 1. The highest BCUT2D eigenvalue weighted by atomic mass is 35.5. The zero-order valence-electron chi connectivity index (χ0n) is 11.0. The summed E-state index contributed by atoms with van der Waals surface area (Å²) in [5, 5.41) is 0.504. The fraction of sp³-hybridized carbons (Fsp3) is 0.571. The first-order chi connectivity index (χ1) is 9.13.